The van der Waals surface area contributed by atoms with Crippen LogP contribution in [-0.2, 0) is 21.2 Å². The van der Waals surface area contributed by atoms with Crippen LogP contribution in [0.5, 0.6) is 0 Å². The molecule has 1 aliphatic rings. The molecule has 1 aliphatic carbocycles. The van der Waals surface area contributed by atoms with Gasteiger partial charge in [-0.05, 0) is 12.8 Å². The van der Waals surface area contributed by atoms with Gasteiger partial charge in [-0.15, -0.1) is 11.3 Å². The summed E-state index contributed by atoms with van der Waals surface area (Å²) in [6, 6.07) is 0. The second kappa shape index (κ2) is 5.72. The number of thiazole rings is 1. The second-order valence-corrected chi connectivity index (χ2v) is 8.36. The van der Waals surface area contributed by atoms with Gasteiger partial charge in [-0.2, -0.15) is 0 Å². The van der Waals surface area contributed by atoms with Crippen molar-refractivity contribution in [1.82, 2.24) is 10.3 Å². The Morgan fingerprint density at radius 2 is 2.05 bits per heavy atom. The number of carboxylic acid groups (broad SMARTS) is 1. The number of carbonyl (C=O) groups excluding carboxylic acids is 1. The molecule has 0 atom stereocenters. The number of sulfone groups is 1. The molecule has 0 radical (unpaired) electrons. The third kappa shape index (κ3) is 3.08. The van der Waals surface area contributed by atoms with Crippen molar-refractivity contribution in [3.63, 3.8) is 0 Å². The summed E-state index contributed by atoms with van der Waals surface area (Å²) in [4.78, 5) is 26.9. The molecule has 0 unspecified atom stereocenters. The Balaban J connectivity index is 2.08. The first-order valence-electron chi connectivity index (χ1n) is 6.42. The van der Waals surface area contributed by atoms with Gasteiger partial charge in [0.05, 0.1) is 6.54 Å². The first kappa shape index (κ1) is 15.9. The molecule has 1 saturated carbocycles. The zero-order valence-corrected chi connectivity index (χ0v) is 13.1. The van der Waals surface area contributed by atoms with Crippen molar-refractivity contribution in [3.8, 4) is 0 Å². The third-order valence-corrected chi connectivity index (χ3v) is 6.57. The lowest BCUT2D eigenvalue weighted by molar-refractivity contribution is -0.123. The van der Waals surface area contributed by atoms with Crippen molar-refractivity contribution in [1.29, 1.82) is 0 Å². The Labute approximate surface area is 126 Å². The summed E-state index contributed by atoms with van der Waals surface area (Å²) < 4.78 is 22.6. The molecule has 1 amide bonds. The molecule has 1 aromatic rings. The predicted molar refractivity (Wildman–Crippen MR) is 77.0 cm³/mol. The Morgan fingerprint density at radius 3 is 2.52 bits per heavy atom. The molecular weight excluding hydrogens is 316 g/mol. The molecule has 7 nitrogen and oxygen atoms in total. The van der Waals surface area contributed by atoms with Gasteiger partial charge in [-0.1, -0.05) is 12.8 Å². The van der Waals surface area contributed by atoms with Crippen LogP contribution in [0.15, 0.2) is 5.38 Å². The summed E-state index contributed by atoms with van der Waals surface area (Å²) >= 11 is 1.11. The monoisotopic (exact) mass is 332 g/mol. The van der Waals surface area contributed by atoms with Gasteiger partial charge in [0.15, 0.2) is 15.5 Å². The van der Waals surface area contributed by atoms with Crippen LogP contribution in [0.4, 0.5) is 0 Å². The van der Waals surface area contributed by atoms with Crippen LogP contribution >= 0.6 is 11.3 Å². The van der Waals surface area contributed by atoms with E-state index in [-0.39, 0.29) is 12.2 Å². The first-order chi connectivity index (χ1) is 9.76. The smallest absolute Gasteiger partial charge is 0.355 e. The maximum Gasteiger partial charge on any atom is 0.355 e. The minimum absolute atomic E-state index is 0.0358. The largest absolute Gasteiger partial charge is 0.476 e. The molecule has 0 bridgehead atoms. The molecule has 116 valence electrons. The molecule has 0 spiro atoms. The maximum absolute atomic E-state index is 12.3. The molecule has 21 heavy (non-hydrogen) atoms. The van der Waals surface area contributed by atoms with E-state index in [4.69, 9.17) is 5.11 Å². The predicted octanol–water partition coefficient (Wildman–Crippen LogP) is 0.815. The molecular formula is C12H16N2O5S2. The molecule has 2 rings (SSSR count). The van der Waals surface area contributed by atoms with Gasteiger partial charge in [0.2, 0.25) is 5.91 Å². The number of hydrogen-bond acceptors (Lipinski definition) is 6. The van der Waals surface area contributed by atoms with Crippen LogP contribution < -0.4 is 5.32 Å². The molecule has 1 aromatic heterocycles. The number of aromatic nitrogens is 1. The number of carbonyl (C=O) groups is 2. The van der Waals surface area contributed by atoms with Gasteiger partial charge in [-0.25, -0.2) is 18.2 Å². The van der Waals surface area contributed by atoms with Crippen LogP contribution in [0.2, 0.25) is 0 Å². The second-order valence-electron chi connectivity index (χ2n) is 5.09. The van der Waals surface area contributed by atoms with E-state index in [0.29, 0.717) is 30.7 Å². The fraction of sp³-hybridized carbons (Fsp3) is 0.583. The van der Waals surface area contributed by atoms with Crippen LogP contribution in [0.1, 0.15) is 41.2 Å². The van der Waals surface area contributed by atoms with Gasteiger partial charge in [-0.3, -0.25) is 4.79 Å². The van der Waals surface area contributed by atoms with E-state index in [0.717, 1.165) is 17.6 Å². The van der Waals surface area contributed by atoms with E-state index in [1.54, 1.807) is 0 Å². The van der Waals surface area contributed by atoms with Gasteiger partial charge in [0, 0.05) is 11.6 Å². The first-order valence-corrected chi connectivity index (χ1v) is 9.19. The summed E-state index contributed by atoms with van der Waals surface area (Å²) in [7, 11) is -3.50. The minimum atomic E-state index is -3.50. The quantitative estimate of drug-likeness (QED) is 0.825. The highest BCUT2D eigenvalue weighted by atomic mass is 32.2. The fourth-order valence-corrected chi connectivity index (χ4v) is 4.67. The van der Waals surface area contributed by atoms with Crippen molar-refractivity contribution in [3.05, 3.63) is 16.1 Å². The highest BCUT2D eigenvalue weighted by molar-refractivity contribution is 7.92. The molecule has 9 heteroatoms. The lowest BCUT2D eigenvalue weighted by atomic mass is 10.1. The van der Waals surface area contributed by atoms with Crippen molar-refractivity contribution in [2.75, 3.05) is 6.26 Å². The van der Waals surface area contributed by atoms with E-state index in [1.165, 1.54) is 5.38 Å². The lowest BCUT2D eigenvalue weighted by Gasteiger charge is -2.25. The van der Waals surface area contributed by atoms with E-state index in [1.807, 2.05) is 0 Å². The summed E-state index contributed by atoms with van der Waals surface area (Å²) in [5.41, 5.74) is -0.0806. The Bertz CT molecular complexity index is 659. The highest BCUT2D eigenvalue weighted by Crippen LogP contribution is 2.36. The van der Waals surface area contributed by atoms with Crippen molar-refractivity contribution in [2.45, 2.75) is 37.0 Å². The normalized spacial score (nSPS) is 17.6. The van der Waals surface area contributed by atoms with Crippen molar-refractivity contribution < 1.29 is 23.1 Å². The number of nitrogens with one attached hydrogen (secondary N) is 1. The summed E-state index contributed by atoms with van der Waals surface area (Å²) in [5.74, 6) is -1.65. The fourth-order valence-electron chi connectivity index (χ4n) is 2.52. The van der Waals surface area contributed by atoms with Gasteiger partial charge >= 0.3 is 5.97 Å². The van der Waals surface area contributed by atoms with E-state index < -0.39 is 26.5 Å². The average molecular weight is 332 g/mol. The lowest BCUT2D eigenvalue weighted by Crippen LogP contribution is -2.49. The molecule has 2 N–H and O–H groups in total. The average Bonchev–Trinajstić information content (AvgIpc) is 3.04. The number of amides is 1. The SMILES string of the molecule is CS(=O)(=O)C1(C(=O)NCc2nc(C(=O)O)cs2)CCCC1. The number of nitrogens with zero attached hydrogens (tertiary/aromatic N) is 1. The maximum atomic E-state index is 12.3. The number of hydrogen-bond donors (Lipinski definition) is 2. The molecule has 0 aliphatic heterocycles. The number of aromatic carboxylic acids is 1. The van der Waals surface area contributed by atoms with Gasteiger partial charge < -0.3 is 10.4 Å². The Hall–Kier alpha value is -1.48. The van der Waals surface area contributed by atoms with Crippen LogP contribution in [0.25, 0.3) is 0 Å². The van der Waals surface area contributed by atoms with Crippen molar-refractivity contribution in [2.24, 2.45) is 0 Å². The summed E-state index contributed by atoms with van der Waals surface area (Å²) in [6.07, 6.45) is 3.16. The molecule has 0 saturated heterocycles. The topological polar surface area (TPSA) is 113 Å². The Kier molecular flexibility index (Phi) is 4.33. The van der Waals surface area contributed by atoms with Gasteiger partial charge in [0.25, 0.3) is 0 Å². The van der Waals surface area contributed by atoms with E-state index >= 15 is 0 Å². The summed E-state index contributed by atoms with van der Waals surface area (Å²) in [5, 5.41) is 13.2. The van der Waals surface area contributed by atoms with Crippen LogP contribution in [0, 0.1) is 0 Å². The third-order valence-electron chi connectivity index (χ3n) is 3.71. The molecule has 1 heterocycles. The zero-order valence-electron chi connectivity index (χ0n) is 11.5. The number of carboxylic acids is 1. The number of rotatable bonds is 5. The zero-order chi connectivity index (χ0) is 15.7. The molecule has 1 fully saturated rings. The van der Waals surface area contributed by atoms with Gasteiger partial charge in [0.1, 0.15) is 9.75 Å². The Morgan fingerprint density at radius 1 is 1.43 bits per heavy atom. The van der Waals surface area contributed by atoms with Crippen LogP contribution in [-0.4, -0.2) is 41.4 Å². The standard InChI is InChI=1S/C12H16N2O5S2/c1-21(18,19)12(4-2-3-5-12)11(17)13-6-9-14-8(7-20-9)10(15)16/h7H,2-6H2,1H3,(H,13,17)(H,15,16). The molecule has 0 aromatic carbocycles. The van der Waals surface area contributed by atoms with Crippen molar-refractivity contribution >= 4 is 33.1 Å². The summed E-state index contributed by atoms with van der Waals surface area (Å²) in [6.45, 7) is 0.0358. The minimum Gasteiger partial charge on any atom is -0.476 e. The van der Waals surface area contributed by atoms with Crippen LogP contribution in [0.3, 0.4) is 0 Å². The van der Waals surface area contributed by atoms with E-state index in [2.05, 4.69) is 10.3 Å². The van der Waals surface area contributed by atoms with E-state index in [9.17, 15) is 18.0 Å². The highest BCUT2D eigenvalue weighted by Gasteiger charge is 2.49.